The van der Waals surface area contributed by atoms with Gasteiger partial charge < -0.3 is 37.9 Å². The molecule has 0 bridgehead atoms. The first-order valence-corrected chi connectivity index (χ1v) is 15.8. The van der Waals surface area contributed by atoms with Crippen molar-refractivity contribution >= 4 is 0 Å². The van der Waals surface area contributed by atoms with Crippen LogP contribution in [0.2, 0.25) is 0 Å². The maximum atomic E-state index is 6.64. The minimum absolute atomic E-state index is 0.200. The fourth-order valence-corrected chi connectivity index (χ4v) is 6.16. The molecule has 2 saturated heterocycles. The van der Waals surface area contributed by atoms with Crippen LogP contribution in [0.1, 0.15) is 43.4 Å². The van der Waals surface area contributed by atoms with Crippen LogP contribution in [-0.2, 0) is 57.7 Å². The fraction of sp³-hybridized carbons (Fsp3) is 0.459. The summed E-state index contributed by atoms with van der Waals surface area (Å²) in [6, 6.07) is 30.5. The van der Waals surface area contributed by atoms with Gasteiger partial charge in [-0.05, 0) is 43.0 Å². The van der Waals surface area contributed by atoms with E-state index in [2.05, 4.69) is 42.5 Å². The number of hydrogen-bond acceptors (Lipinski definition) is 8. The van der Waals surface area contributed by atoms with Crippen molar-refractivity contribution in [2.45, 2.75) is 95.2 Å². The maximum absolute atomic E-state index is 6.64. The molecule has 0 amide bonds. The topological polar surface area (TPSA) is 73.8 Å². The summed E-state index contributed by atoms with van der Waals surface area (Å²) in [4.78, 5) is 0. The Morgan fingerprint density at radius 3 is 1.91 bits per heavy atom. The molecule has 3 aliphatic rings. The third-order valence-corrected chi connectivity index (χ3v) is 8.34. The minimum Gasteiger partial charge on any atom is -0.490 e. The number of allylic oxidation sites excluding steroid dienone is 1. The quantitative estimate of drug-likeness (QED) is 0.208. The Labute approximate surface area is 266 Å². The van der Waals surface area contributed by atoms with Crippen molar-refractivity contribution in [2.24, 2.45) is 0 Å². The molecule has 6 rings (SSSR count). The van der Waals surface area contributed by atoms with Crippen LogP contribution in [0.5, 0.6) is 0 Å². The van der Waals surface area contributed by atoms with E-state index < -0.39 is 12.1 Å². The van der Waals surface area contributed by atoms with Gasteiger partial charge in [-0.3, -0.25) is 0 Å². The Kier molecular flexibility index (Phi) is 10.6. The summed E-state index contributed by atoms with van der Waals surface area (Å²) in [5.74, 6) is 0.121. The lowest BCUT2D eigenvalue weighted by molar-refractivity contribution is -0.217. The smallest absolute Gasteiger partial charge is 0.190 e. The Bertz CT molecular complexity index is 1350. The first kappa shape index (κ1) is 31.9. The predicted molar refractivity (Wildman–Crippen MR) is 168 cm³/mol. The summed E-state index contributed by atoms with van der Waals surface area (Å²) < 4.78 is 50.1. The van der Waals surface area contributed by atoms with E-state index >= 15 is 0 Å². The summed E-state index contributed by atoms with van der Waals surface area (Å²) >= 11 is 0. The summed E-state index contributed by atoms with van der Waals surface area (Å²) in [7, 11) is 1.69. The van der Waals surface area contributed by atoms with Crippen LogP contribution in [0.15, 0.2) is 103 Å². The van der Waals surface area contributed by atoms with Gasteiger partial charge in [0.2, 0.25) is 0 Å². The third kappa shape index (κ3) is 8.40. The summed E-state index contributed by atoms with van der Waals surface area (Å²) in [6.45, 7) is 5.49. The molecule has 3 aromatic rings. The van der Waals surface area contributed by atoms with E-state index in [1.54, 1.807) is 7.11 Å². The summed E-state index contributed by atoms with van der Waals surface area (Å²) in [5, 5.41) is 0. The van der Waals surface area contributed by atoms with E-state index in [-0.39, 0.29) is 36.6 Å². The molecule has 0 saturated carbocycles. The van der Waals surface area contributed by atoms with Crippen molar-refractivity contribution < 1.29 is 37.9 Å². The molecule has 0 N–H and O–H groups in total. The van der Waals surface area contributed by atoms with Crippen molar-refractivity contribution in [3.8, 4) is 0 Å². The number of hydrogen-bond donors (Lipinski definition) is 0. The van der Waals surface area contributed by atoms with E-state index in [0.717, 1.165) is 22.4 Å². The van der Waals surface area contributed by atoms with Crippen LogP contribution in [0.25, 0.3) is 0 Å². The highest BCUT2D eigenvalue weighted by atomic mass is 16.8. The molecule has 3 heterocycles. The Balaban J connectivity index is 1.18. The first-order chi connectivity index (χ1) is 22.0. The second-order valence-electron chi connectivity index (χ2n) is 12.2. The number of methoxy groups -OCH3 is 1. The SMILES string of the molecule is CO[C@@H]1[C@H]2OC(C)(C)O[C@H]2O[C@@H]1CCC1=C[C@@H](OCc2ccccc2)[C@H](OCc2ccccc2)[C@@H](COCc2ccccc2)O1. The zero-order valence-corrected chi connectivity index (χ0v) is 26.3. The second-order valence-corrected chi connectivity index (χ2v) is 12.2. The molecule has 8 nitrogen and oxygen atoms in total. The maximum Gasteiger partial charge on any atom is 0.190 e. The lowest BCUT2D eigenvalue weighted by Crippen LogP contribution is -2.47. The molecular formula is C37H44O8. The van der Waals surface area contributed by atoms with Crippen molar-refractivity contribution in [1.29, 1.82) is 0 Å². The van der Waals surface area contributed by atoms with E-state index in [1.165, 1.54) is 0 Å². The lowest BCUT2D eigenvalue weighted by Gasteiger charge is -2.37. The van der Waals surface area contributed by atoms with E-state index in [1.807, 2.05) is 68.4 Å². The number of benzene rings is 3. The summed E-state index contributed by atoms with van der Waals surface area (Å²) in [6.07, 6.45) is 1.08. The molecule has 0 aliphatic carbocycles. The molecule has 0 radical (unpaired) electrons. The standard InChI is InChI=1S/C37H44O8/c1-37(2)44-35-34(38-3)30(43-36(35)45-37)20-19-29-21-31(40-23-27-15-9-5-10-16-27)33(41-24-28-17-11-6-12-18-28)32(42-29)25-39-22-26-13-7-4-8-14-26/h4-18,21,30-36H,19-20,22-25H2,1-3H3/t30-,31-,32-,33+,34+,35-,36-/m1/s1. The van der Waals surface area contributed by atoms with E-state index in [9.17, 15) is 0 Å². The number of ether oxygens (including phenoxy) is 8. The van der Waals surface area contributed by atoms with E-state index in [0.29, 0.717) is 39.3 Å². The lowest BCUT2D eigenvalue weighted by atomic mass is 10.00. The molecule has 45 heavy (non-hydrogen) atoms. The third-order valence-electron chi connectivity index (χ3n) is 8.34. The molecule has 3 aromatic carbocycles. The molecule has 2 fully saturated rings. The van der Waals surface area contributed by atoms with Crippen LogP contribution in [0.3, 0.4) is 0 Å². The van der Waals surface area contributed by atoms with Gasteiger partial charge in [-0.25, -0.2) is 0 Å². The molecule has 8 heteroatoms. The predicted octanol–water partition coefficient (Wildman–Crippen LogP) is 6.33. The molecule has 7 atom stereocenters. The van der Waals surface area contributed by atoms with Crippen LogP contribution in [-0.4, -0.2) is 62.4 Å². The average Bonchev–Trinajstić information content (AvgIpc) is 3.54. The Morgan fingerprint density at radius 1 is 0.689 bits per heavy atom. The molecular weight excluding hydrogens is 572 g/mol. The van der Waals surface area contributed by atoms with Gasteiger partial charge >= 0.3 is 0 Å². The van der Waals surface area contributed by atoms with Gasteiger partial charge in [-0.2, -0.15) is 0 Å². The fourth-order valence-electron chi connectivity index (χ4n) is 6.16. The number of rotatable bonds is 14. The van der Waals surface area contributed by atoms with Crippen molar-refractivity contribution in [2.75, 3.05) is 13.7 Å². The zero-order chi connectivity index (χ0) is 31.1. The van der Waals surface area contributed by atoms with Crippen molar-refractivity contribution in [1.82, 2.24) is 0 Å². The van der Waals surface area contributed by atoms with Crippen LogP contribution >= 0.6 is 0 Å². The highest BCUT2D eigenvalue weighted by molar-refractivity contribution is 5.17. The van der Waals surface area contributed by atoms with Gasteiger partial charge in [0.05, 0.1) is 38.3 Å². The zero-order valence-electron chi connectivity index (χ0n) is 26.3. The minimum atomic E-state index is -0.697. The number of fused-ring (bicyclic) bond motifs is 1. The highest BCUT2D eigenvalue weighted by Crippen LogP contribution is 2.40. The van der Waals surface area contributed by atoms with Gasteiger partial charge in [0.15, 0.2) is 18.2 Å². The molecule has 0 aromatic heterocycles. The second kappa shape index (κ2) is 15.0. The van der Waals surface area contributed by atoms with Crippen LogP contribution < -0.4 is 0 Å². The monoisotopic (exact) mass is 616 g/mol. The molecule has 240 valence electrons. The van der Waals surface area contributed by atoms with Crippen LogP contribution in [0, 0.1) is 0 Å². The van der Waals surface area contributed by atoms with Gasteiger partial charge in [0.1, 0.15) is 24.4 Å². The molecule has 0 spiro atoms. The molecule has 3 aliphatic heterocycles. The van der Waals surface area contributed by atoms with Gasteiger partial charge in [-0.1, -0.05) is 91.0 Å². The molecule has 0 unspecified atom stereocenters. The Morgan fingerprint density at radius 2 is 1.29 bits per heavy atom. The normalized spacial score (nSPS) is 28.8. The average molecular weight is 617 g/mol. The summed E-state index contributed by atoms with van der Waals surface area (Å²) in [5.41, 5.74) is 3.28. The Hall–Kier alpha value is -3.08. The van der Waals surface area contributed by atoms with E-state index in [4.69, 9.17) is 37.9 Å². The van der Waals surface area contributed by atoms with Crippen molar-refractivity contribution in [3.05, 3.63) is 120 Å². The highest BCUT2D eigenvalue weighted by Gasteiger charge is 2.55. The largest absolute Gasteiger partial charge is 0.490 e. The van der Waals surface area contributed by atoms with Crippen molar-refractivity contribution in [3.63, 3.8) is 0 Å². The first-order valence-electron chi connectivity index (χ1n) is 15.8. The van der Waals surface area contributed by atoms with Crippen LogP contribution in [0.4, 0.5) is 0 Å². The van der Waals surface area contributed by atoms with Gasteiger partial charge in [0.25, 0.3) is 0 Å². The van der Waals surface area contributed by atoms with Gasteiger partial charge in [-0.15, -0.1) is 0 Å². The van der Waals surface area contributed by atoms with Gasteiger partial charge in [0, 0.05) is 13.5 Å².